The number of sulfonamides is 1. The highest BCUT2D eigenvalue weighted by Crippen LogP contribution is 2.30. The van der Waals surface area contributed by atoms with Gasteiger partial charge < -0.3 is 14.5 Å². The molecule has 0 fully saturated rings. The Bertz CT molecular complexity index is 1110. The van der Waals surface area contributed by atoms with E-state index in [2.05, 4.69) is 9.97 Å². The number of nitrogens with zero attached hydrogens (tertiary/aromatic N) is 2. The quantitative estimate of drug-likeness (QED) is 0.642. The van der Waals surface area contributed by atoms with Crippen LogP contribution in [-0.4, -0.2) is 43.5 Å². The van der Waals surface area contributed by atoms with Crippen LogP contribution in [0.1, 0.15) is 12.7 Å². The molecule has 0 aliphatic rings. The first-order valence-corrected chi connectivity index (χ1v) is 10.4. The second-order valence-electron chi connectivity index (χ2n) is 5.60. The first-order chi connectivity index (χ1) is 12.9. The molecule has 0 radical (unpaired) electrons. The van der Waals surface area contributed by atoms with Crippen LogP contribution in [0.15, 0.2) is 38.6 Å². The first kappa shape index (κ1) is 19.3. The van der Waals surface area contributed by atoms with Gasteiger partial charge in [0.2, 0.25) is 0 Å². The number of hydrogen-bond donors (Lipinski definition) is 1. The van der Waals surface area contributed by atoms with Crippen molar-refractivity contribution in [3.05, 3.63) is 45.8 Å². The molecule has 0 saturated carbocycles. The predicted octanol–water partition coefficient (Wildman–Crippen LogP) is 2.21. The highest BCUT2D eigenvalue weighted by Gasteiger charge is 2.25. The molecule has 1 N–H and O–H groups in total. The van der Waals surface area contributed by atoms with Gasteiger partial charge in [0.1, 0.15) is 10.0 Å². The summed E-state index contributed by atoms with van der Waals surface area (Å²) in [4.78, 5) is 19.5. The van der Waals surface area contributed by atoms with Gasteiger partial charge in [-0.1, -0.05) is 13.0 Å². The molecule has 0 spiro atoms. The smallest absolute Gasteiger partial charge is 0.258 e. The fourth-order valence-electron chi connectivity index (χ4n) is 2.66. The zero-order valence-electron chi connectivity index (χ0n) is 15.1. The summed E-state index contributed by atoms with van der Waals surface area (Å²) < 4.78 is 37.5. The van der Waals surface area contributed by atoms with Crippen molar-refractivity contribution in [3.8, 4) is 11.5 Å². The van der Waals surface area contributed by atoms with Crippen LogP contribution in [0.5, 0.6) is 11.5 Å². The molecular weight excluding hydrogens is 390 g/mol. The van der Waals surface area contributed by atoms with Gasteiger partial charge >= 0.3 is 0 Å². The van der Waals surface area contributed by atoms with E-state index in [0.29, 0.717) is 22.4 Å². The third-order valence-corrected chi connectivity index (χ3v) is 7.32. The molecule has 2 aromatic heterocycles. The van der Waals surface area contributed by atoms with Gasteiger partial charge in [-0.25, -0.2) is 13.4 Å². The monoisotopic (exact) mass is 409 g/mol. The molecule has 2 heterocycles. The number of ether oxygens (including phenoxy) is 2. The summed E-state index contributed by atoms with van der Waals surface area (Å²) in [5, 5.41) is 2.04. The van der Waals surface area contributed by atoms with E-state index in [0.717, 1.165) is 11.3 Å². The summed E-state index contributed by atoms with van der Waals surface area (Å²) in [6.07, 6.45) is 0. The number of hydrogen-bond acceptors (Lipinski definition) is 7. The summed E-state index contributed by atoms with van der Waals surface area (Å²) in [7, 11) is -0.680. The van der Waals surface area contributed by atoms with Gasteiger partial charge in [-0.3, -0.25) is 4.79 Å². The number of methoxy groups -OCH3 is 2. The maximum Gasteiger partial charge on any atom is 0.258 e. The minimum atomic E-state index is -3.65. The van der Waals surface area contributed by atoms with Crippen LogP contribution in [-0.2, 0) is 16.6 Å². The Labute approximate surface area is 160 Å². The van der Waals surface area contributed by atoms with Crippen molar-refractivity contribution in [1.82, 2.24) is 14.3 Å². The summed E-state index contributed by atoms with van der Waals surface area (Å²) in [5.74, 6) is 1.11. The zero-order chi connectivity index (χ0) is 19.6. The minimum Gasteiger partial charge on any atom is -0.493 e. The molecule has 0 aliphatic heterocycles. The highest BCUT2D eigenvalue weighted by atomic mass is 32.2. The molecule has 0 aliphatic carbocycles. The summed E-state index contributed by atoms with van der Waals surface area (Å²) in [6, 6.07) is 6.37. The van der Waals surface area contributed by atoms with Crippen LogP contribution in [0.2, 0.25) is 0 Å². The fraction of sp³-hybridized carbons (Fsp3) is 0.294. The van der Waals surface area contributed by atoms with Gasteiger partial charge in [0.25, 0.3) is 15.6 Å². The Morgan fingerprint density at radius 3 is 2.52 bits per heavy atom. The Kier molecular flexibility index (Phi) is 5.49. The van der Waals surface area contributed by atoms with Gasteiger partial charge in [-0.05, 0) is 17.5 Å². The van der Waals surface area contributed by atoms with E-state index in [1.807, 2.05) is 0 Å². The highest BCUT2D eigenvalue weighted by molar-refractivity contribution is 7.91. The van der Waals surface area contributed by atoms with Crippen molar-refractivity contribution >= 4 is 32.3 Å². The van der Waals surface area contributed by atoms with Gasteiger partial charge in [0, 0.05) is 12.6 Å². The SMILES string of the molecule is CCN(Cc1nc2cc(OC)c(OC)cc2c(=O)[nH]1)S(=O)(=O)c1cccs1. The van der Waals surface area contributed by atoms with E-state index in [1.54, 1.807) is 36.6 Å². The first-order valence-electron chi connectivity index (χ1n) is 8.09. The lowest BCUT2D eigenvalue weighted by Gasteiger charge is -2.19. The summed E-state index contributed by atoms with van der Waals surface area (Å²) in [6.45, 7) is 1.93. The maximum absolute atomic E-state index is 12.7. The summed E-state index contributed by atoms with van der Waals surface area (Å²) >= 11 is 1.15. The Morgan fingerprint density at radius 1 is 1.22 bits per heavy atom. The standard InChI is InChI=1S/C17H19N3O5S2/c1-4-20(27(22,23)16-6-5-7-26-16)10-15-18-12-9-14(25-3)13(24-2)8-11(12)17(21)19-15/h5-9H,4,10H2,1-3H3,(H,18,19,21). The molecule has 0 unspecified atom stereocenters. The maximum atomic E-state index is 12.7. The van der Waals surface area contributed by atoms with Crippen molar-refractivity contribution in [2.75, 3.05) is 20.8 Å². The average molecular weight is 409 g/mol. The second-order valence-corrected chi connectivity index (χ2v) is 8.71. The van der Waals surface area contributed by atoms with Crippen LogP contribution in [0.3, 0.4) is 0 Å². The van der Waals surface area contributed by atoms with E-state index in [1.165, 1.54) is 18.5 Å². The van der Waals surface area contributed by atoms with Gasteiger partial charge in [-0.2, -0.15) is 4.31 Å². The topological polar surface area (TPSA) is 102 Å². The van der Waals surface area contributed by atoms with Crippen LogP contribution in [0.25, 0.3) is 10.9 Å². The van der Waals surface area contributed by atoms with E-state index in [4.69, 9.17) is 9.47 Å². The Hall–Kier alpha value is -2.43. The van der Waals surface area contributed by atoms with Crippen LogP contribution in [0, 0.1) is 0 Å². The van der Waals surface area contributed by atoms with Crippen molar-refractivity contribution in [3.63, 3.8) is 0 Å². The molecular formula is C17H19N3O5S2. The Balaban J connectivity index is 2.03. The number of rotatable bonds is 7. The number of benzene rings is 1. The molecule has 0 atom stereocenters. The van der Waals surface area contributed by atoms with Crippen molar-refractivity contribution in [2.24, 2.45) is 0 Å². The largest absolute Gasteiger partial charge is 0.493 e. The van der Waals surface area contributed by atoms with Crippen LogP contribution in [0.4, 0.5) is 0 Å². The lowest BCUT2D eigenvalue weighted by atomic mass is 10.2. The van der Waals surface area contributed by atoms with E-state index in [9.17, 15) is 13.2 Å². The number of thiophene rings is 1. The molecule has 27 heavy (non-hydrogen) atoms. The normalized spacial score (nSPS) is 11.9. The molecule has 3 rings (SSSR count). The van der Waals surface area contributed by atoms with Crippen LogP contribution < -0.4 is 15.0 Å². The minimum absolute atomic E-state index is 0.0454. The summed E-state index contributed by atoms with van der Waals surface area (Å²) in [5.41, 5.74) is 0.0245. The second kappa shape index (κ2) is 7.67. The number of nitrogens with one attached hydrogen (secondary N) is 1. The number of H-pyrrole nitrogens is 1. The molecule has 10 heteroatoms. The van der Waals surface area contributed by atoms with Gasteiger partial charge in [-0.15, -0.1) is 11.3 Å². The molecule has 0 saturated heterocycles. The van der Waals surface area contributed by atoms with Gasteiger partial charge in [0.15, 0.2) is 11.5 Å². The van der Waals surface area contributed by atoms with Crippen molar-refractivity contribution in [1.29, 1.82) is 0 Å². The Morgan fingerprint density at radius 2 is 1.93 bits per heavy atom. The lowest BCUT2D eigenvalue weighted by Crippen LogP contribution is -2.31. The molecule has 8 nitrogen and oxygen atoms in total. The lowest BCUT2D eigenvalue weighted by molar-refractivity contribution is 0.355. The number of aromatic nitrogens is 2. The fourth-order valence-corrected chi connectivity index (χ4v) is 5.22. The molecule has 3 aromatic rings. The molecule has 1 aromatic carbocycles. The van der Waals surface area contributed by atoms with Crippen molar-refractivity contribution < 1.29 is 17.9 Å². The molecule has 0 amide bonds. The number of aromatic amines is 1. The van der Waals surface area contributed by atoms with E-state index < -0.39 is 10.0 Å². The van der Waals surface area contributed by atoms with Gasteiger partial charge in [0.05, 0.1) is 31.7 Å². The van der Waals surface area contributed by atoms with E-state index >= 15 is 0 Å². The van der Waals surface area contributed by atoms with Crippen LogP contribution >= 0.6 is 11.3 Å². The third-order valence-electron chi connectivity index (χ3n) is 4.03. The molecule has 0 bridgehead atoms. The zero-order valence-corrected chi connectivity index (χ0v) is 16.7. The van der Waals surface area contributed by atoms with Crippen molar-refractivity contribution in [2.45, 2.75) is 17.7 Å². The van der Waals surface area contributed by atoms with E-state index in [-0.39, 0.29) is 28.7 Å². The third kappa shape index (κ3) is 3.68. The number of fused-ring (bicyclic) bond motifs is 1. The molecule has 144 valence electrons. The average Bonchev–Trinajstić information content (AvgIpc) is 3.20. The predicted molar refractivity (Wildman–Crippen MR) is 103 cm³/mol.